The summed E-state index contributed by atoms with van der Waals surface area (Å²) in [4.78, 5) is 0. The first-order valence-electron chi connectivity index (χ1n) is 5.64. The van der Waals surface area contributed by atoms with E-state index in [1.807, 2.05) is 44.2 Å². The molecule has 0 saturated carbocycles. The van der Waals surface area contributed by atoms with Crippen molar-refractivity contribution >= 4 is 27.3 Å². The average Bonchev–Trinajstić information content (AvgIpc) is 2.36. The summed E-state index contributed by atoms with van der Waals surface area (Å²) in [5.41, 5.74) is 4.75. The first-order chi connectivity index (χ1) is 8.61. The van der Waals surface area contributed by atoms with Crippen LogP contribution in [0.25, 0.3) is 0 Å². The maximum absolute atomic E-state index is 9.12. The van der Waals surface area contributed by atoms with Crippen molar-refractivity contribution in [1.82, 2.24) is 0 Å². The average molecular weight is 301 g/mol. The maximum atomic E-state index is 9.12. The van der Waals surface area contributed by atoms with Crippen LogP contribution in [0.15, 0.2) is 40.9 Å². The van der Waals surface area contributed by atoms with Crippen LogP contribution in [0.2, 0.25) is 0 Å². The zero-order valence-corrected chi connectivity index (χ0v) is 11.9. The highest BCUT2D eigenvalue weighted by Gasteiger charge is 2.06. The van der Waals surface area contributed by atoms with Gasteiger partial charge in [0.15, 0.2) is 0 Å². The van der Waals surface area contributed by atoms with E-state index in [1.54, 1.807) is 0 Å². The van der Waals surface area contributed by atoms with E-state index < -0.39 is 0 Å². The molecule has 3 heteroatoms. The Kier molecular flexibility index (Phi) is 3.69. The summed E-state index contributed by atoms with van der Waals surface area (Å²) in [5.74, 6) is 0. The highest BCUT2D eigenvalue weighted by atomic mass is 79.9. The fourth-order valence-corrected chi connectivity index (χ4v) is 2.04. The van der Waals surface area contributed by atoms with Crippen LogP contribution in [0.3, 0.4) is 0 Å². The number of benzene rings is 2. The Hall–Kier alpha value is -1.79. The molecule has 0 bridgehead atoms. The molecule has 18 heavy (non-hydrogen) atoms. The van der Waals surface area contributed by atoms with Crippen molar-refractivity contribution in [3.05, 3.63) is 57.6 Å². The number of anilines is 2. The lowest BCUT2D eigenvalue weighted by molar-refractivity contribution is 1.37. The molecule has 1 N–H and O–H groups in total. The van der Waals surface area contributed by atoms with Gasteiger partial charge in [-0.25, -0.2) is 0 Å². The molecule has 2 rings (SSSR count). The summed E-state index contributed by atoms with van der Waals surface area (Å²) in [5, 5.41) is 12.4. The number of nitrogens with one attached hydrogen (secondary N) is 1. The lowest BCUT2D eigenvalue weighted by Crippen LogP contribution is -1.96. The number of para-hydroxylation sites is 1. The van der Waals surface area contributed by atoms with Crippen molar-refractivity contribution in [1.29, 1.82) is 5.26 Å². The fraction of sp³-hybridized carbons (Fsp3) is 0.133. The molecule has 0 aliphatic heterocycles. The van der Waals surface area contributed by atoms with Gasteiger partial charge in [-0.3, -0.25) is 0 Å². The molecule has 0 amide bonds. The summed E-state index contributed by atoms with van der Waals surface area (Å²) < 4.78 is 1.08. The molecular formula is C15H13BrN2. The van der Waals surface area contributed by atoms with Crippen LogP contribution >= 0.6 is 15.9 Å². The summed E-state index contributed by atoms with van der Waals surface area (Å²) in [6.07, 6.45) is 0. The summed E-state index contributed by atoms with van der Waals surface area (Å²) in [7, 11) is 0. The van der Waals surface area contributed by atoms with Crippen molar-refractivity contribution in [2.45, 2.75) is 13.8 Å². The van der Waals surface area contributed by atoms with Gasteiger partial charge in [0.1, 0.15) is 6.07 Å². The van der Waals surface area contributed by atoms with E-state index in [2.05, 4.69) is 33.4 Å². The van der Waals surface area contributed by atoms with Crippen LogP contribution in [-0.4, -0.2) is 0 Å². The predicted octanol–water partition coefficient (Wildman–Crippen LogP) is 4.68. The molecule has 2 aromatic carbocycles. The van der Waals surface area contributed by atoms with Crippen molar-refractivity contribution in [3.63, 3.8) is 0 Å². The van der Waals surface area contributed by atoms with Crippen molar-refractivity contribution in [2.24, 2.45) is 0 Å². The Morgan fingerprint density at radius 2 is 1.89 bits per heavy atom. The second-order valence-corrected chi connectivity index (χ2v) is 5.05. The molecule has 0 atom stereocenters. The highest BCUT2D eigenvalue weighted by molar-refractivity contribution is 9.10. The molecule has 0 aromatic heterocycles. The number of rotatable bonds is 2. The van der Waals surface area contributed by atoms with E-state index >= 15 is 0 Å². The van der Waals surface area contributed by atoms with Gasteiger partial charge in [-0.2, -0.15) is 5.26 Å². The molecule has 0 aliphatic rings. The number of hydrogen-bond donors (Lipinski definition) is 1. The topological polar surface area (TPSA) is 35.8 Å². The SMILES string of the molecule is Cc1cc(Nc2c(C)cccc2C#N)ccc1Br. The normalized spacial score (nSPS) is 9.89. The van der Waals surface area contributed by atoms with E-state index in [-0.39, 0.29) is 0 Å². The second-order valence-electron chi connectivity index (χ2n) is 4.20. The van der Waals surface area contributed by atoms with Gasteiger partial charge >= 0.3 is 0 Å². The van der Waals surface area contributed by atoms with Crippen molar-refractivity contribution in [3.8, 4) is 6.07 Å². The van der Waals surface area contributed by atoms with Gasteiger partial charge in [-0.1, -0.05) is 28.1 Å². The Labute approximate surface area is 115 Å². The Bertz CT molecular complexity index is 627. The minimum atomic E-state index is 0.663. The van der Waals surface area contributed by atoms with Crippen LogP contribution in [0.1, 0.15) is 16.7 Å². The number of halogens is 1. The summed E-state index contributed by atoms with van der Waals surface area (Å²) in [6, 6.07) is 14.0. The number of nitrogens with zero attached hydrogens (tertiary/aromatic N) is 1. The minimum Gasteiger partial charge on any atom is -0.354 e. The van der Waals surface area contributed by atoms with E-state index in [0.29, 0.717) is 5.56 Å². The van der Waals surface area contributed by atoms with E-state index in [1.165, 1.54) is 0 Å². The van der Waals surface area contributed by atoms with E-state index in [4.69, 9.17) is 5.26 Å². The van der Waals surface area contributed by atoms with Gasteiger partial charge in [-0.15, -0.1) is 0 Å². The minimum absolute atomic E-state index is 0.663. The Morgan fingerprint density at radius 3 is 2.56 bits per heavy atom. The summed E-state index contributed by atoms with van der Waals surface area (Å²) >= 11 is 3.48. The second kappa shape index (κ2) is 5.24. The lowest BCUT2D eigenvalue weighted by atomic mass is 10.1. The Morgan fingerprint density at radius 1 is 1.11 bits per heavy atom. The van der Waals surface area contributed by atoms with Gasteiger partial charge in [0.05, 0.1) is 11.3 Å². The third-order valence-electron chi connectivity index (χ3n) is 2.82. The smallest absolute Gasteiger partial charge is 0.101 e. The molecule has 0 fully saturated rings. The molecule has 2 nitrogen and oxygen atoms in total. The Balaban J connectivity index is 2.40. The lowest BCUT2D eigenvalue weighted by Gasteiger charge is -2.12. The largest absolute Gasteiger partial charge is 0.354 e. The number of nitriles is 1. The van der Waals surface area contributed by atoms with Gasteiger partial charge in [0.25, 0.3) is 0 Å². The fourth-order valence-electron chi connectivity index (χ4n) is 1.79. The van der Waals surface area contributed by atoms with Gasteiger partial charge in [0.2, 0.25) is 0 Å². The standard InChI is InChI=1S/C15H13BrN2/c1-10-4-3-5-12(9-17)15(10)18-13-6-7-14(16)11(2)8-13/h3-8,18H,1-2H3. The van der Waals surface area contributed by atoms with E-state index in [0.717, 1.165) is 27.0 Å². The molecule has 0 spiro atoms. The van der Waals surface area contributed by atoms with E-state index in [9.17, 15) is 0 Å². The van der Waals surface area contributed by atoms with Crippen molar-refractivity contribution in [2.75, 3.05) is 5.32 Å². The maximum Gasteiger partial charge on any atom is 0.101 e. The van der Waals surface area contributed by atoms with Crippen LogP contribution in [0, 0.1) is 25.2 Å². The molecule has 0 aliphatic carbocycles. The molecule has 2 aromatic rings. The van der Waals surface area contributed by atoms with Gasteiger partial charge in [0, 0.05) is 10.2 Å². The van der Waals surface area contributed by atoms with Crippen LogP contribution in [-0.2, 0) is 0 Å². The first-order valence-corrected chi connectivity index (χ1v) is 6.44. The highest BCUT2D eigenvalue weighted by Crippen LogP contribution is 2.27. The number of aryl methyl sites for hydroxylation is 2. The van der Waals surface area contributed by atoms with Crippen LogP contribution in [0.5, 0.6) is 0 Å². The third kappa shape index (κ3) is 2.55. The predicted molar refractivity (Wildman–Crippen MR) is 78.1 cm³/mol. The van der Waals surface area contributed by atoms with Crippen molar-refractivity contribution < 1.29 is 0 Å². The molecule has 90 valence electrons. The third-order valence-corrected chi connectivity index (χ3v) is 3.71. The zero-order valence-electron chi connectivity index (χ0n) is 10.3. The molecule has 0 radical (unpaired) electrons. The quantitative estimate of drug-likeness (QED) is 0.874. The zero-order chi connectivity index (χ0) is 13.1. The molecule has 0 heterocycles. The van der Waals surface area contributed by atoms with Gasteiger partial charge < -0.3 is 5.32 Å². The molecular weight excluding hydrogens is 288 g/mol. The monoisotopic (exact) mass is 300 g/mol. The number of hydrogen-bond acceptors (Lipinski definition) is 2. The van der Waals surface area contributed by atoms with Crippen LogP contribution in [0.4, 0.5) is 11.4 Å². The van der Waals surface area contributed by atoms with Gasteiger partial charge in [-0.05, 0) is 49.2 Å². The first kappa shape index (κ1) is 12.7. The molecule has 0 unspecified atom stereocenters. The molecule has 0 saturated heterocycles. The summed E-state index contributed by atoms with van der Waals surface area (Å²) in [6.45, 7) is 4.03. The van der Waals surface area contributed by atoms with Crippen LogP contribution < -0.4 is 5.32 Å².